The fourth-order valence-corrected chi connectivity index (χ4v) is 3.25. The quantitative estimate of drug-likeness (QED) is 0.911. The predicted molar refractivity (Wildman–Crippen MR) is 84.5 cm³/mol. The molecule has 0 bridgehead atoms. The van der Waals surface area contributed by atoms with Crippen molar-refractivity contribution in [2.75, 3.05) is 0 Å². The van der Waals surface area contributed by atoms with Gasteiger partial charge >= 0.3 is 5.76 Å². The first-order chi connectivity index (χ1) is 10.5. The Morgan fingerprint density at radius 1 is 1.32 bits per heavy atom. The van der Waals surface area contributed by atoms with E-state index in [4.69, 9.17) is 4.42 Å². The topological polar surface area (TPSA) is 75.1 Å². The van der Waals surface area contributed by atoms with Crippen LogP contribution in [0.25, 0.3) is 11.1 Å². The van der Waals surface area contributed by atoms with Gasteiger partial charge in [0.2, 0.25) is 5.91 Å². The van der Waals surface area contributed by atoms with Gasteiger partial charge in [-0.05, 0) is 36.5 Å². The van der Waals surface area contributed by atoms with Crippen molar-refractivity contribution in [3.63, 3.8) is 0 Å². The fourth-order valence-electron chi connectivity index (χ4n) is 3.25. The molecule has 0 saturated heterocycles. The van der Waals surface area contributed by atoms with E-state index in [1.165, 1.54) is 0 Å². The molecule has 0 unspecified atom stereocenters. The molecule has 1 fully saturated rings. The summed E-state index contributed by atoms with van der Waals surface area (Å²) in [7, 11) is 0. The summed E-state index contributed by atoms with van der Waals surface area (Å²) in [5, 5.41) is 3.18. The molecule has 0 aliphatic heterocycles. The molecule has 1 heterocycles. The Morgan fingerprint density at radius 2 is 2.05 bits per heavy atom. The normalized spacial score (nSPS) is 17.2. The van der Waals surface area contributed by atoms with Gasteiger partial charge in [0.05, 0.1) is 11.6 Å². The molecule has 1 aliphatic rings. The van der Waals surface area contributed by atoms with E-state index >= 15 is 0 Å². The summed E-state index contributed by atoms with van der Waals surface area (Å²) in [6, 6.07) is 5.53. The van der Waals surface area contributed by atoms with E-state index in [-0.39, 0.29) is 23.8 Å². The van der Waals surface area contributed by atoms with Crippen LogP contribution in [0.3, 0.4) is 0 Å². The molecule has 1 aromatic heterocycles. The third-order valence-electron chi connectivity index (χ3n) is 4.49. The summed E-state index contributed by atoms with van der Waals surface area (Å²) >= 11 is 0. The monoisotopic (exact) mass is 302 g/mol. The SMILES string of the molecule is CC(C)[C@H](NC(=O)C1CCCC1)c1ccc2[nH]c(=O)oc2c1. The van der Waals surface area contributed by atoms with E-state index in [1.807, 2.05) is 18.2 Å². The Bertz CT molecular complexity index is 723. The van der Waals surface area contributed by atoms with Crippen molar-refractivity contribution in [2.45, 2.75) is 45.6 Å². The summed E-state index contributed by atoms with van der Waals surface area (Å²) in [5.74, 6) is 0.0960. The standard InChI is InChI=1S/C17H22N2O3/c1-10(2)15(19-16(20)11-5-3-4-6-11)12-7-8-13-14(9-12)22-17(21)18-13/h7-11,15H,3-6H2,1-2H3,(H,18,21)(H,19,20)/t15-/m0/s1. The second-order valence-electron chi connectivity index (χ2n) is 6.48. The maximum atomic E-state index is 12.4. The van der Waals surface area contributed by atoms with Crippen molar-refractivity contribution in [1.82, 2.24) is 10.3 Å². The van der Waals surface area contributed by atoms with Crippen LogP contribution in [-0.4, -0.2) is 10.9 Å². The molecule has 22 heavy (non-hydrogen) atoms. The van der Waals surface area contributed by atoms with Crippen molar-refractivity contribution >= 4 is 17.0 Å². The van der Waals surface area contributed by atoms with Gasteiger partial charge in [0.1, 0.15) is 0 Å². The lowest BCUT2D eigenvalue weighted by molar-refractivity contribution is -0.125. The number of hydrogen-bond acceptors (Lipinski definition) is 3. The van der Waals surface area contributed by atoms with Gasteiger partial charge in [-0.1, -0.05) is 32.8 Å². The summed E-state index contributed by atoms with van der Waals surface area (Å²) in [5.41, 5.74) is 2.18. The molecule has 1 aromatic carbocycles. The van der Waals surface area contributed by atoms with Crippen LogP contribution in [0.1, 0.15) is 51.1 Å². The number of hydrogen-bond donors (Lipinski definition) is 2. The minimum atomic E-state index is -0.455. The summed E-state index contributed by atoms with van der Waals surface area (Å²) in [6.45, 7) is 4.16. The molecule has 3 rings (SSSR count). The van der Waals surface area contributed by atoms with E-state index in [0.717, 1.165) is 31.2 Å². The zero-order chi connectivity index (χ0) is 15.7. The van der Waals surface area contributed by atoms with Gasteiger partial charge in [0.25, 0.3) is 0 Å². The number of benzene rings is 1. The first kappa shape index (κ1) is 14.9. The highest BCUT2D eigenvalue weighted by molar-refractivity contribution is 5.80. The highest BCUT2D eigenvalue weighted by Gasteiger charge is 2.26. The Balaban J connectivity index is 1.85. The zero-order valence-corrected chi connectivity index (χ0v) is 13.0. The molecule has 2 aromatic rings. The number of aromatic nitrogens is 1. The van der Waals surface area contributed by atoms with Crippen molar-refractivity contribution in [1.29, 1.82) is 0 Å². The summed E-state index contributed by atoms with van der Waals surface area (Å²) in [6.07, 6.45) is 4.26. The highest BCUT2D eigenvalue weighted by Crippen LogP contribution is 2.28. The second-order valence-corrected chi connectivity index (χ2v) is 6.48. The number of aromatic amines is 1. The lowest BCUT2D eigenvalue weighted by atomic mass is 9.94. The number of H-pyrrole nitrogens is 1. The average molecular weight is 302 g/mol. The van der Waals surface area contributed by atoms with Crippen molar-refractivity contribution < 1.29 is 9.21 Å². The van der Waals surface area contributed by atoms with Gasteiger partial charge in [-0.3, -0.25) is 9.78 Å². The molecule has 118 valence electrons. The Hall–Kier alpha value is -2.04. The number of rotatable bonds is 4. The van der Waals surface area contributed by atoms with Gasteiger partial charge < -0.3 is 9.73 Å². The van der Waals surface area contributed by atoms with Crippen LogP contribution < -0.4 is 11.1 Å². The third-order valence-corrected chi connectivity index (χ3v) is 4.49. The Morgan fingerprint density at radius 3 is 2.73 bits per heavy atom. The van der Waals surface area contributed by atoms with Crippen molar-refractivity contribution in [2.24, 2.45) is 11.8 Å². The number of carbonyl (C=O) groups excluding carboxylic acids is 1. The van der Waals surface area contributed by atoms with E-state index in [9.17, 15) is 9.59 Å². The molecule has 1 saturated carbocycles. The largest absolute Gasteiger partial charge is 0.417 e. The van der Waals surface area contributed by atoms with Gasteiger partial charge in [-0.2, -0.15) is 0 Å². The molecule has 2 N–H and O–H groups in total. The van der Waals surface area contributed by atoms with Crippen molar-refractivity contribution in [3.05, 3.63) is 34.3 Å². The maximum Gasteiger partial charge on any atom is 0.417 e. The predicted octanol–water partition coefficient (Wildman–Crippen LogP) is 3.12. The Kier molecular flexibility index (Phi) is 4.05. The van der Waals surface area contributed by atoms with Crippen LogP contribution in [0.2, 0.25) is 0 Å². The minimum absolute atomic E-state index is 0.0716. The Labute approximate surface area is 129 Å². The zero-order valence-electron chi connectivity index (χ0n) is 13.0. The lowest BCUT2D eigenvalue weighted by Gasteiger charge is -2.24. The van der Waals surface area contributed by atoms with Crippen LogP contribution >= 0.6 is 0 Å². The third kappa shape index (κ3) is 2.93. The molecule has 0 radical (unpaired) electrons. The smallest absolute Gasteiger partial charge is 0.408 e. The van der Waals surface area contributed by atoms with E-state index < -0.39 is 5.76 Å². The molecular formula is C17H22N2O3. The summed E-state index contributed by atoms with van der Waals surface area (Å²) < 4.78 is 5.12. The fraction of sp³-hybridized carbons (Fsp3) is 0.529. The molecule has 1 atom stereocenters. The van der Waals surface area contributed by atoms with Gasteiger partial charge in [0.15, 0.2) is 5.58 Å². The average Bonchev–Trinajstić information content (AvgIpc) is 3.11. The molecular weight excluding hydrogens is 280 g/mol. The number of nitrogens with one attached hydrogen (secondary N) is 2. The molecule has 5 heteroatoms. The van der Waals surface area contributed by atoms with Gasteiger partial charge in [0, 0.05) is 5.92 Å². The lowest BCUT2D eigenvalue weighted by Crippen LogP contribution is -2.35. The van der Waals surface area contributed by atoms with E-state index in [2.05, 4.69) is 24.1 Å². The number of carbonyl (C=O) groups is 1. The molecule has 1 amide bonds. The number of oxazole rings is 1. The van der Waals surface area contributed by atoms with Crippen LogP contribution in [-0.2, 0) is 4.79 Å². The summed E-state index contributed by atoms with van der Waals surface area (Å²) in [4.78, 5) is 26.3. The van der Waals surface area contributed by atoms with Crippen LogP contribution in [0.5, 0.6) is 0 Å². The minimum Gasteiger partial charge on any atom is -0.408 e. The molecule has 1 aliphatic carbocycles. The number of fused-ring (bicyclic) bond motifs is 1. The van der Waals surface area contributed by atoms with Gasteiger partial charge in [-0.25, -0.2) is 4.79 Å². The first-order valence-corrected chi connectivity index (χ1v) is 7.98. The van der Waals surface area contributed by atoms with Gasteiger partial charge in [-0.15, -0.1) is 0 Å². The molecule has 5 nitrogen and oxygen atoms in total. The first-order valence-electron chi connectivity index (χ1n) is 7.98. The van der Waals surface area contributed by atoms with Crippen molar-refractivity contribution in [3.8, 4) is 0 Å². The highest BCUT2D eigenvalue weighted by atomic mass is 16.4. The van der Waals surface area contributed by atoms with E-state index in [0.29, 0.717) is 11.1 Å². The van der Waals surface area contributed by atoms with E-state index in [1.54, 1.807) is 0 Å². The van der Waals surface area contributed by atoms with Crippen LogP contribution in [0.15, 0.2) is 27.4 Å². The second kappa shape index (κ2) is 5.99. The molecule has 0 spiro atoms. The number of amides is 1. The van der Waals surface area contributed by atoms with Crippen LogP contribution in [0.4, 0.5) is 0 Å². The van der Waals surface area contributed by atoms with Crippen LogP contribution in [0, 0.1) is 11.8 Å². The maximum absolute atomic E-state index is 12.4.